The van der Waals surface area contributed by atoms with Crippen LogP contribution in [0, 0.1) is 11.3 Å². The van der Waals surface area contributed by atoms with Crippen molar-refractivity contribution < 1.29 is 4.42 Å². The Hall–Kier alpha value is -2.29. The molecule has 1 N–H and O–H groups in total. The van der Waals surface area contributed by atoms with Crippen LogP contribution in [0.3, 0.4) is 0 Å². The molecule has 2 aromatic rings. The number of nitrogens with zero attached hydrogens (tertiary/aromatic N) is 4. The molecule has 1 aliphatic carbocycles. The number of aryl methyl sites for hydroxylation is 1. The molecule has 0 spiro atoms. The Labute approximate surface area is 117 Å². The molecule has 0 amide bonds. The summed E-state index contributed by atoms with van der Waals surface area (Å²) in [5.41, 5.74) is 0.370. The van der Waals surface area contributed by atoms with Crippen LogP contribution in [0.5, 0.6) is 0 Å². The van der Waals surface area contributed by atoms with Gasteiger partial charge in [-0.1, -0.05) is 6.42 Å². The number of rotatable bonds is 6. The van der Waals surface area contributed by atoms with Gasteiger partial charge in [0.15, 0.2) is 0 Å². The van der Waals surface area contributed by atoms with Crippen molar-refractivity contribution in [1.29, 1.82) is 5.26 Å². The standard InChI is InChI=1S/C14H17N5O/c15-9-12-14(20-13(18-12)11-3-1-4-11)17-5-2-7-19-8-6-16-10-19/h6,8,10-11,17H,1-5,7H2. The first-order chi connectivity index (χ1) is 9.86. The van der Waals surface area contributed by atoms with Gasteiger partial charge < -0.3 is 14.3 Å². The van der Waals surface area contributed by atoms with Crippen molar-refractivity contribution in [2.75, 3.05) is 11.9 Å². The number of anilines is 1. The van der Waals surface area contributed by atoms with Gasteiger partial charge >= 0.3 is 0 Å². The normalized spacial score (nSPS) is 14.8. The van der Waals surface area contributed by atoms with Gasteiger partial charge in [-0.2, -0.15) is 5.26 Å². The fraction of sp³-hybridized carbons (Fsp3) is 0.500. The second-order valence-corrected chi connectivity index (χ2v) is 5.05. The number of imidazole rings is 1. The molecule has 6 heteroatoms. The predicted molar refractivity (Wildman–Crippen MR) is 73.1 cm³/mol. The highest BCUT2D eigenvalue weighted by molar-refractivity contribution is 5.45. The van der Waals surface area contributed by atoms with E-state index in [0.29, 0.717) is 23.4 Å². The Morgan fingerprint density at radius 3 is 3.05 bits per heavy atom. The molecule has 0 aromatic carbocycles. The molecule has 0 atom stereocenters. The van der Waals surface area contributed by atoms with E-state index in [1.165, 1.54) is 6.42 Å². The molecule has 20 heavy (non-hydrogen) atoms. The Morgan fingerprint density at radius 2 is 2.40 bits per heavy atom. The zero-order valence-electron chi connectivity index (χ0n) is 11.2. The molecule has 1 fully saturated rings. The Balaban J connectivity index is 1.53. The molecule has 0 bridgehead atoms. The predicted octanol–water partition coefficient (Wildman–Crippen LogP) is 2.51. The van der Waals surface area contributed by atoms with E-state index in [9.17, 15) is 0 Å². The van der Waals surface area contributed by atoms with E-state index in [2.05, 4.69) is 21.4 Å². The van der Waals surface area contributed by atoms with E-state index in [4.69, 9.17) is 9.68 Å². The van der Waals surface area contributed by atoms with Gasteiger partial charge in [0, 0.05) is 31.4 Å². The lowest BCUT2D eigenvalue weighted by Gasteiger charge is -2.21. The van der Waals surface area contributed by atoms with Crippen molar-refractivity contribution in [3.05, 3.63) is 30.3 Å². The minimum Gasteiger partial charge on any atom is -0.424 e. The fourth-order valence-corrected chi connectivity index (χ4v) is 2.24. The highest BCUT2D eigenvalue weighted by Crippen LogP contribution is 2.37. The van der Waals surface area contributed by atoms with Gasteiger partial charge in [-0.3, -0.25) is 0 Å². The lowest BCUT2D eigenvalue weighted by atomic mass is 9.85. The Bertz CT molecular complexity index is 592. The van der Waals surface area contributed by atoms with Crippen LogP contribution < -0.4 is 5.32 Å². The lowest BCUT2D eigenvalue weighted by Crippen LogP contribution is -2.08. The molecular formula is C14H17N5O. The number of oxazole rings is 1. The number of nitriles is 1. The first-order valence-electron chi connectivity index (χ1n) is 6.97. The third-order valence-corrected chi connectivity index (χ3v) is 3.64. The average Bonchev–Trinajstić information content (AvgIpc) is 3.02. The summed E-state index contributed by atoms with van der Waals surface area (Å²) in [6, 6.07) is 2.09. The summed E-state index contributed by atoms with van der Waals surface area (Å²) in [6.45, 7) is 1.63. The van der Waals surface area contributed by atoms with Crippen LogP contribution in [0.25, 0.3) is 0 Å². The first-order valence-corrected chi connectivity index (χ1v) is 6.97. The van der Waals surface area contributed by atoms with Crippen molar-refractivity contribution in [2.45, 2.75) is 38.1 Å². The van der Waals surface area contributed by atoms with Crippen molar-refractivity contribution in [2.24, 2.45) is 0 Å². The van der Waals surface area contributed by atoms with E-state index in [-0.39, 0.29) is 0 Å². The Morgan fingerprint density at radius 1 is 1.50 bits per heavy atom. The zero-order valence-corrected chi connectivity index (χ0v) is 11.2. The van der Waals surface area contributed by atoms with Crippen LogP contribution in [-0.4, -0.2) is 21.1 Å². The number of nitrogens with one attached hydrogen (secondary N) is 1. The molecule has 2 heterocycles. The second kappa shape index (κ2) is 5.78. The maximum atomic E-state index is 9.09. The highest BCUT2D eigenvalue weighted by atomic mass is 16.4. The van der Waals surface area contributed by atoms with Crippen LogP contribution in [0.4, 0.5) is 5.88 Å². The topological polar surface area (TPSA) is 79.7 Å². The number of hydrogen-bond acceptors (Lipinski definition) is 5. The minimum absolute atomic E-state index is 0.370. The quantitative estimate of drug-likeness (QED) is 0.816. The van der Waals surface area contributed by atoms with E-state index < -0.39 is 0 Å². The minimum atomic E-state index is 0.370. The molecular weight excluding hydrogens is 254 g/mol. The largest absolute Gasteiger partial charge is 0.424 e. The summed E-state index contributed by atoms with van der Waals surface area (Å²) in [6.07, 6.45) is 9.89. The van der Waals surface area contributed by atoms with Crippen LogP contribution in [0.2, 0.25) is 0 Å². The van der Waals surface area contributed by atoms with Crippen molar-refractivity contribution >= 4 is 5.88 Å². The van der Waals surface area contributed by atoms with Gasteiger partial charge in [0.2, 0.25) is 17.5 Å². The molecule has 1 saturated carbocycles. The van der Waals surface area contributed by atoms with Crippen molar-refractivity contribution in [1.82, 2.24) is 14.5 Å². The average molecular weight is 271 g/mol. The highest BCUT2D eigenvalue weighted by Gasteiger charge is 2.26. The third-order valence-electron chi connectivity index (χ3n) is 3.64. The van der Waals surface area contributed by atoms with Gasteiger partial charge in [-0.15, -0.1) is 0 Å². The molecule has 2 aromatic heterocycles. The fourth-order valence-electron chi connectivity index (χ4n) is 2.24. The first kappa shape index (κ1) is 12.7. The number of hydrogen-bond donors (Lipinski definition) is 1. The third kappa shape index (κ3) is 2.67. The van der Waals surface area contributed by atoms with E-state index in [0.717, 1.165) is 32.4 Å². The molecule has 3 rings (SSSR count). The maximum Gasteiger partial charge on any atom is 0.232 e. The van der Waals surface area contributed by atoms with Crippen LogP contribution >= 0.6 is 0 Å². The molecule has 0 aliphatic heterocycles. The monoisotopic (exact) mass is 271 g/mol. The summed E-state index contributed by atoms with van der Waals surface area (Å²) in [5.74, 6) is 1.63. The molecule has 0 saturated heterocycles. The maximum absolute atomic E-state index is 9.09. The van der Waals surface area contributed by atoms with E-state index in [1.54, 1.807) is 12.5 Å². The van der Waals surface area contributed by atoms with E-state index in [1.807, 2.05) is 10.8 Å². The summed E-state index contributed by atoms with van der Waals surface area (Å²) < 4.78 is 7.70. The molecule has 0 unspecified atom stereocenters. The summed E-state index contributed by atoms with van der Waals surface area (Å²) in [5, 5.41) is 12.3. The molecule has 104 valence electrons. The lowest BCUT2D eigenvalue weighted by molar-refractivity contribution is 0.338. The smallest absolute Gasteiger partial charge is 0.232 e. The van der Waals surface area contributed by atoms with Gasteiger partial charge in [-0.05, 0) is 19.3 Å². The summed E-state index contributed by atoms with van der Waals surface area (Å²) in [7, 11) is 0. The second-order valence-electron chi connectivity index (χ2n) is 5.05. The van der Waals surface area contributed by atoms with Gasteiger partial charge in [-0.25, -0.2) is 9.97 Å². The summed E-state index contributed by atoms with van der Waals surface area (Å²) in [4.78, 5) is 8.27. The van der Waals surface area contributed by atoms with Crippen LogP contribution in [0.15, 0.2) is 23.1 Å². The number of aromatic nitrogens is 3. The SMILES string of the molecule is N#Cc1nc(C2CCC2)oc1NCCCn1ccnc1. The Kier molecular flexibility index (Phi) is 3.68. The van der Waals surface area contributed by atoms with Crippen LogP contribution in [0.1, 0.15) is 43.2 Å². The van der Waals surface area contributed by atoms with Crippen molar-refractivity contribution in [3.8, 4) is 6.07 Å². The molecule has 0 radical (unpaired) electrons. The van der Waals surface area contributed by atoms with Gasteiger partial charge in [0.05, 0.1) is 6.33 Å². The van der Waals surface area contributed by atoms with Crippen molar-refractivity contribution in [3.63, 3.8) is 0 Å². The molecule has 6 nitrogen and oxygen atoms in total. The van der Waals surface area contributed by atoms with Gasteiger partial charge in [0.1, 0.15) is 6.07 Å². The van der Waals surface area contributed by atoms with E-state index >= 15 is 0 Å². The molecule has 1 aliphatic rings. The summed E-state index contributed by atoms with van der Waals surface area (Å²) >= 11 is 0. The van der Waals surface area contributed by atoms with Gasteiger partial charge in [0.25, 0.3) is 0 Å². The zero-order chi connectivity index (χ0) is 13.8. The van der Waals surface area contributed by atoms with Crippen LogP contribution in [-0.2, 0) is 6.54 Å².